The second-order valence-corrected chi connectivity index (χ2v) is 5.56. The number of fused-ring (bicyclic) bond motifs is 1. The van der Waals surface area contributed by atoms with Gasteiger partial charge in [0, 0.05) is 12.6 Å². The van der Waals surface area contributed by atoms with Crippen molar-refractivity contribution >= 4 is 0 Å². The largest absolute Gasteiger partial charge is 0.486 e. The highest BCUT2D eigenvalue weighted by molar-refractivity contribution is 5.49. The van der Waals surface area contributed by atoms with Crippen molar-refractivity contribution in [1.29, 1.82) is 0 Å². The molecule has 1 aliphatic carbocycles. The van der Waals surface area contributed by atoms with Gasteiger partial charge in [0.05, 0.1) is 17.6 Å². The van der Waals surface area contributed by atoms with Gasteiger partial charge >= 0.3 is 0 Å². The third kappa shape index (κ3) is 2.85. The summed E-state index contributed by atoms with van der Waals surface area (Å²) >= 11 is 0. The molecular weight excluding hydrogens is 268 g/mol. The van der Waals surface area contributed by atoms with E-state index in [0.29, 0.717) is 13.2 Å². The Morgan fingerprint density at radius 3 is 2.90 bits per heavy atom. The number of hydrogen-bond acceptors (Lipinski definition) is 5. The van der Waals surface area contributed by atoms with Crippen LogP contribution >= 0.6 is 0 Å². The highest BCUT2D eigenvalue weighted by Gasteiger charge is 2.20. The predicted molar refractivity (Wildman–Crippen MR) is 76.8 cm³/mol. The fourth-order valence-electron chi connectivity index (χ4n) is 2.41. The molecule has 1 aromatic carbocycles. The number of aromatic nitrogens is 3. The Morgan fingerprint density at radius 2 is 2.05 bits per heavy atom. The van der Waals surface area contributed by atoms with Gasteiger partial charge in [-0.3, -0.25) is 0 Å². The molecule has 21 heavy (non-hydrogen) atoms. The van der Waals surface area contributed by atoms with Gasteiger partial charge in [-0.1, -0.05) is 5.21 Å². The van der Waals surface area contributed by atoms with Crippen LogP contribution in [0, 0.1) is 5.92 Å². The zero-order chi connectivity index (χ0) is 14.1. The van der Waals surface area contributed by atoms with Crippen LogP contribution in [0.4, 0.5) is 0 Å². The average molecular weight is 286 g/mol. The standard InChI is InChI=1S/C15H18N4O2/c1-2-11(1)8-16-9-12-10-19(18-17-12)13-3-4-14-15(7-13)21-6-5-20-14/h3-4,7,10-11,16H,1-2,5-6,8-9H2. The first-order chi connectivity index (χ1) is 10.4. The molecule has 4 rings (SSSR count). The molecule has 2 aromatic rings. The monoisotopic (exact) mass is 286 g/mol. The lowest BCUT2D eigenvalue weighted by Gasteiger charge is -2.18. The normalized spacial score (nSPS) is 17.0. The number of ether oxygens (including phenoxy) is 2. The maximum atomic E-state index is 5.59. The van der Waals surface area contributed by atoms with Crippen molar-refractivity contribution < 1.29 is 9.47 Å². The SMILES string of the molecule is c1cc2c(cc1-n1cc(CNCC3CC3)nn1)OCCO2. The highest BCUT2D eigenvalue weighted by Crippen LogP contribution is 2.31. The number of rotatable bonds is 5. The summed E-state index contributed by atoms with van der Waals surface area (Å²) < 4.78 is 12.9. The Morgan fingerprint density at radius 1 is 1.19 bits per heavy atom. The Labute approximate surface area is 123 Å². The molecule has 1 saturated carbocycles. The lowest BCUT2D eigenvalue weighted by Crippen LogP contribution is -2.16. The van der Waals surface area contributed by atoms with E-state index < -0.39 is 0 Å². The van der Waals surface area contributed by atoms with E-state index in [0.717, 1.165) is 41.9 Å². The molecule has 6 nitrogen and oxygen atoms in total. The minimum atomic E-state index is 0.587. The Kier molecular flexibility index (Phi) is 3.23. The lowest BCUT2D eigenvalue weighted by molar-refractivity contribution is 0.171. The zero-order valence-corrected chi connectivity index (χ0v) is 11.8. The first kappa shape index (κ1) is 12.6. The fraction of sp³-hybridized carbons (Fsp3) is 0.467. The van der Waals surface area contributed by atoms with Gasteiger partial charge in [-0.2, -0.15) is 0 Å². The van der Waals surface area contributed by atoms with Crippen molar-refractivity contribution in [2.24, 2.45) is 5.92 Å². The smallest absolute Gasteiger partial charge is 0.163 e. The average Bonchev–Trinajstić information content (AvgIpc) is 3.23. The van der Waals surface area contributed by atoms with E-state index in [1.54, 1.807) is 4.68 Å². The topological polar surface area (TPSA) is 61.2 Å². The van der Waals surface area contributed by atoms with Crippen molar-refractivity contribution in [2.45, 2.75) is 19.4 Å². The van der Waals surface area contributed by atoms with Crippen LogP contribution in [0.3, 0.4) is 0 Å². The maximum absolute atomic E-state index is 5.59. The van der Waals surface area contributed by atoms with Crippen LogP contribution in [-0.2, 0) is 6.54 Å². The molecule has 2 heterocycles. The first-order valence-corrected chi connectivity index (χ1v) is 7.40. The number of benzene rings is 1. The number of hydrogen-bond donors (Lipinski definition) is 1. The summed E-state index contributed by atoms with van der Waals surface area (Å²) in [6.07, 6.45) is 4.67. The molecule has 6 heteroatoms. The quantitative estimate of drug-likeness (QED) is 0.903. The van der Waals surface area contributed by atoms with Gasteiger partial charge in [0.15, 0.2) is 11.5 Å². The van der Waals surface area contributed by atoms with Gasteiger partial charge in [0.1, 0.15) is 13.2 Å². The van der Waals surface area contributed by atoms with Gasteiger partial charge in [0.25, 0.3) is 0 Å². The second-order valence-electron chi connectivity index (χ2n) is 5.56. The van der Waals surface area contributed by atoms with Gasteiger partial charge in [-0.25, -0.2) is 4.68 Å². The Hall–Kier alpha value is -2.08. The molecule has 110 valence electrons. The summed E-state index contributed by atoms with van der Waals surface area (Å²) in [6.45, 7) is 3.04. The van der Waals surface area contributed by atoms with Gasteiger partial charge in [-0.15, -0.1) is 5.10 Å². The van der Waals surface area contributed by atoms with Crippen LogP contribution < -0.4 is 14.8 Å². The van der Waals surface area contributed by atoms with Crippen LogP contribution in [0.15, 0.2) is 24.4 Å². The molecule has 1 N–H and O–H groups in total. The molecule has 0 radical (unpaired) electrons. The van der Waals surface area contributed by atoms with Crippen LogP contribution in [-0.4, -0.2) is 34.8 Å². The lowest BCUT2D eigenvalue weighted by atomic mass is 10.2. The van der Waals surface area contributed by atoms with E-state index in [-0.39, 0.29) is 0 Å². The molecule has 0 amide bonds. The van der Waals surface area contributed by atoms with Crippen molar-refractivity contribution in [2.75, 3.05) is 19.8 Å². The van der Waals surface area contributed by atoms with Crippen LogP contribution in [0.25, 0.3) is 5.69 Å². The maximum Gasteiger partial charge on any atom is 0.163 e. The molecule has 0 atom stereocenters. The molecule has 0 unspecified atom stereocenters. The van der Waals surface area contributed by atoms with E-state index >= 15 is 0 Å². The van der Waals surface area contributed by atoms with E-state index in [1.165, 1.54) is 12.8 Å². The Balaban J connectivity index is 1.46. The van der Waals surface area contributed by atoms with Gasteiger partial charge in [-0.05, 0) is 37.4 Å². The first-order valence-electron chi connectivity index (χ1n) is 7.40. The van der Waals surface area contributed by atoms with Gasteiger partial charge in [0.2, 0.25) is 0 Å². The molecule has 0 bridgehead atoms. The number of nitrogens with zero attached hydrogens (tertiary/aromatic N) is 3. The minimum absolute atomic E-state index is 0.587. The van der Waals surface area contributed by atoms with Gasteiger partial charge < -0.3 is 14.8 Å². The van der Waals surface area contributed by atoms with E-state index in [2.05, 4.69) is 15.6 Å². The Bertz CT molecular complexity index is 636. The third-order valence-corrected chi connectivity index (χ3v) is 3.77. The predicted octanol–water partition coefficient (Wildman–Crippen LogP) is 1.54. The van der Waals surface area contributed by atoms with E-state index in [9.17, 15) is 0 Å². The highest BCUT2D eigenvalue weighted by atomic mass is 16.6. The van der Waals surface area contributed by atoms with E-state index in [1.807, 2.05) is 24.4 Å². The molecule has 1 fully saturated rings. The van der Waals surface area contributed by atoms with Crippen LogP contribution in [0.5, 0.6) is 11.5 Å². The third-order valence-electron chi connectivity index (χ3n) is 3.77. The zero-order valence-electron chi connectivity index (χ0n) is 11.8. The van der Waals surface area contributed by atoms with Crippen molar-refractivity contribution in [3.63, 3.8) is 0 Å². The van der Waals surface area contributed by atoms with Crippen LogP contribution in [0.2, 0.25) is 0 Å². The minimum Gasteiger partial charge on any atom is -0.486 e. The van der Waals surface area contributed by atoms with Crippen molar-refractivity contribution in [3.8, 4) is 17.2 Å². The van der Waals surface area contributed by atoms with Crippen molar-refractivity contribution in [3.05, 3.63) is 30.1 Å². The summed E-state index contributed by atoms with van der Waals surface area (Å²) in [4.78, 5) is 0. The molecule has 2 aliphatic rings. The summed E-state index contributed by atoms with van der Waals surface area (Å²) in [5.74, 6) is 2.43. The summed E-state index contributed by atoms with van der Waals surface area (Å²) in [5, 5.41) is 11.8. The summed E-state index contributed by atoms with van der Waals surface area (Å²) in [7, 11) is 0. The molecular formula is C15H18N4O2. The summed E-state index contributed by atoms with van der Waals surface area (Å²) in [6, 6.07) is 5.81. The van der Waals surface area contributed by atoms with Crippen LogP contribution in [0.1, 0.15) is 18.5 Å². The molecule has 0 spiro atoms. The van der Waals surface area contributed by atoms with E-state index in [4.69, 9.17) is 9.47 Å². The summed E-state index contributed by atoms with van der Waals surface area (Å²) in [5.41, 5.74) is 1.88. The molecule has 1 aliphatic heterocycles. The fourth-order valence-corrected chi connectivity index (χ4v) is 2.41. The van der Waals surface area contributed by atoms with Crippen molar-refractivity contribution in [1.82, 2.24) is 20.3 Å². The molecule has 0 saturated heterocycles. The molecule has 1 aromatic heterocycles. The second kappa shape index (κ2) is 5.37. The number of nitrogens with one attached hydrogen (secondary N) is 1.